The molecule has 1 saturated heterocycles. The molecule has 2 aliphatic rings. The fourth-order valence-corrected chi connectivity index (χ4v) is 4.51. The summed E-state index contributed by atoms with van der Waals surface area (Å²) in [4.78, 5) is 12.6. The van der Waals surface area contributed by atoms with Crippen molar-refractivity contribution < 1.29 is 50.0 Å². The van der Waals surface area contributed by atoms with E-state index in [2.05, 4.69) is 0 Å². The molecule has 0 saturated carbocycles. The Morgan fingerprint density at radius 1 is 0.857 bits per heavy atom. The lowest BCUT2D eigenvalue weighted by Crippen LogP contribution is -2.59. The van der Waals surface area contributed by atoms with Crippen molar-refractivity contribution in [2.75, 3.05) is 6.61 Å². The minimum atomic E-state index is -1.64. The van der Waals surface area contributed by atoms with Gasteiger partial charge in [-0.05, 0) is 48.2 Å². The number of benzene rings is 2. The van der Waals surface area contributed by atoms with Gasteiger partial charge in [0.25, 0.3) is 0 Å². The third-order valence-corrected chi connectivity index (χ3v) is 6.57. The van der Waals surface area contributed by atoms with Crippen LogP contribution >= 0.6 is 0 Å². The Kier molecular flexibility index (Phi) is 7.72. The van der Waals surface area contributed by atoms with Crippen molar-refractivity contribution in [3.05, 3.63) is 47.5 Å². The Morgan fingerprint density at radius 3 is 2.14 bits per heavy atom. The molecule has 190 valence electrons. The van der Waals surface area contributed by atoms with Gasteiger partial charge in [0.1, 0.15) is 42.0 Å². The molecule has 7 N–H and O–H groups in total. The van der Waals surface area contributed by atoms with Gasteiger partial charge in [-0.2, -0.15) is 0 Å². The number of carbonyl (C=O) groups excluding carboxylic acids is 1. The number of phenols is 2. The number of aromatic hydroxyl groups is 2. The minimum absolute atomic E-state index is 0.0295. The van der Waals surface area contributed by atoms with Gasteiger partial charge in [-0.1, -0.05) is 12.1 Å². The number of phenolic OH excluding ortho intramolecular Hbond substituents is 2. The summed E-state index contributed by atoms with van der Waals surface area (Å²) < 4.78 is 11.3. The molecule has 4 rings (SSSR count). The zero-order chi connectivity index (χ0) is 25.3. The molecule has 10 heteroatoms. The molecule has 1 fully saturated rings. The van der Waals surface area contributed by atoms with Gasteiger partial charge in [0.2, 0.25) is 0 Å². The number of carbonyl (C=O) groups is 1. The Balaban J connectivity index is 1.67. The molecule has 10 nitrogen and oxygen atoms in total. The van der Waals surface area contributed by atoms with Gasteiger partial charge in [-0.15, -0.1) is 0 Å². The standard InChI is InChI=1S/C25H30O10/c26-11-21-22(31)23(32)24(33)25(35-21)34-14-7-13-3-5-18(28)16(9-13)15-8-12(1-4-17(15)27)2-6-19(29)20(30)10-14/h1,3-5,8-9,14,20-28,30-33H,2,6-7,10-11H2/t14-,20+,21+,22-,23+,24+,25+/m0/s1. The summed E-state index contributed by atoms with van der Waals surface area (Å²) >= 11 is 0. The number of aliphatic hydroxyl groups excluding tert-OH is 5. The maximum Gasteiger partial charge on any atom is 0.186 e. The lowest BCUT2D eigenvalue weighted by molar-refractivity contribution is -0.312. The summed E-state index contributed by atoms with van der Waals surface area (Å²) in [5.74, 6) is -0.522. The lowest BCUT2D eigenvalue weighted by atomic mass is 9.96. The van der Waals surface area contributed by atoms with E-state index in [1.165, 1.54) is 12.1 Å². The molecule has 1 aliphatic carbocycles. The van der Waals surface area contributed by atoms with E-state index in [0.717, 1.165) is 5.56 Å². The molecule has 7 atom stereocenters. The Morgan fingerprint density at radius 2 is 1.49 bits per heavy atom. The second-order valence-corrected chi connectivity index (χ2v) is 9.08. The number of ketones is 1. The molecule has 1 heterocycles. The first kappa shape index (κ1) is 25.5. The zero-order valence-electron chi connectivity index (χ0n) is 18.9. The summed E-state index contributed by atoms with van der Waals surface area (Å²) in [5.41, 5.74) is 2.15. The smallest absolute Gasteiger partial charge is 0.186 e. The number of aryl methyl sites for hydroxylation is 1. The Bertz CT molecular complexity index is 1050. The fourth-order valence-electron chi connectivity index (χ4n) is 4.51. The molecule has 35 heavy (non-hydrogen) atoms. The molecule has 0 spiro atoms. The number of Topliss-reactive ketones (excluding diaryl/α,β-unsaturated/α-hetero) is 1. The van der Waals surface area contributed by atoms with Crippen LogP contribution in [0.3, 0.4) is 0 Å². The maximum absolute atomic E-state index is 12.6. The van der Waals surface area contributed by atoms with E-state index in [4.69, 9.17) is 9.47 Å². The first-order valence-electron chi connectivity index (χ1n) is 11.5. The topological polar surface area (TPSA) is 177 Å². The van der Waals surface area contributed by atoms with Crippen molar-refractivity contribution in [2.24, 2.45) is 0 Å². The fraction of sp³-hybridized carbons (Fsp3) is 0.480. The van der Waals surface area contributed by atoms with Gasteiger partial charge >= 0.3 is 0 Å². The molecule has 2 aromatic rings. The molecule has 2 aromatic carbocycles. The highest BCUT2D eigenvalue weighted by Gasteiger charge is 2.45. The highest BCUT2D eigenvalue weighted by molar-refractivity contribution is 5.83. The lowest BCUT2D eigenvalue weighted by Gasteiger charge is -2.41. The van der Waals surface area contributed by atoms with Crippen LogP contribution in [-0.2, 0) is 27.1 Å². The van der Waals surface area contributed by atoms with Crippen LogP contribution in [0.1, 0.15) is 24.0 Å². The molecule has 0 amide bonds. The SMILES string of the molecule is O=C1CCc2ccc(O)c(c2)-c2cc(ccc2O)C[C@H](O[C@@H]2O[C@H](CO)[C@H](O)[C@@H](O)[C@H]2O)C[C@H]1O. The number of fused-ring (bicyclic) bond motifs is 5. The van der Waals surface area contributed by atoms with Crippen LogP contribution in [0.5, 0.6) is 11.5 Å². The third kappa shape index (κ3) is 5.49. The summed E-state index contributed by atoms with van der Waals surface area (Å²) in [5, 5.41) is 71.4. The first-order chi connectivity index (χ1) is 16.7. The molecule has 0 aromatic heterocycles. The van der Waals surface area contributed by atoms with Crippen LogP contribution in [0.2, 0.25) is 0 Å². The van der Waals surface area contributed by atoms with E-state index in [0.29, 0.717) is 23.1 Å². The first-order valence-corrected chi connectivity index (χ1v) is 11.5. The van der Waals surface area contributed by atoms with Crippen molar-refractivity contribution >= 4 is 5.78 Å². The summed E-state index contributed by atoms with van der Waals surface area (Å²) in [7, 11) is 0. The predicted molar refractivity (Wildman–Crippen MR) is 122 cm³/mol. The zero-order valence-corrected chi connectivity index (χ0v) is 18.9. The Labute approximate surface area is 201 Å². The quantitative estimate of drug-likeness (QED) is 0.304. The van der Waals surface area contributed by atoms with Crippen molar-refractivity contribution in [1.82, 2.24) is 0 Å². The van der Waals surface area contributed by atoms with Gasteiger partial charge in [0, 0.05) is 24.0 Å². The molecular formula is C25H30O10. The van der Waals surface area contributed by atoms with Crippen LogP contribution in [0.25, 0.3) is 11.1 Å². The van der Waals surface area contributed by atoms with Gasteiger partial charge in [0.05, 0.1) is 12.7 Å². The van der Waals surface area contributed by atoms with E-state index < -0.39 is 55.3 Å². The average molecular weight is 491 g/mol. The van der Waals surface area contributed by atoms with Crippen molar-refractivity contribution in [1.29, 1.82) is 0 Å². The number of ether oxygens (including phenoxy) is 2. The number of aliphatic hydroxyl groups is 5. The van der Waals surface area contributed by atoms with Crippen molar-refractivity contribution in [3.8, 4) is 22.6 Å². The minimum Gasteiger partial charge on any atom is -0.507 e. The van der Waals surface area contributed by atoms with E-state index >= 15 is 0 Å². The van der Waals surface area contributed by atoms with E-state index in [1.807, 2.05) is 0 Å². The van der Waals surface area contributed by atoms with Crippen molar-refractivity contribution in [2.45, 2.75) is 68.6 Å². The normalized spacial score (nSPS) is 31.8. The van der Waals surface area contributed by atoms with Crippen LogP contribution in [-0.4, -0.2) is 91.0 Å². The molecule has 1 aliphatic heterocycles. The van der Waals surface area contributed by atoms with E-state index in [1.54, 1.807) is 24.3 Å². The highest BCUT2D eigenvalue weighted by atomic mass is 16.7. The van der Waals surface area contributed by atoms with Gasteiger partial charge < -0.3 is 45.2 Å². The monoisotopic (exact) mass is 490 g/mol. The second kappa shape index (κ2) is 10.6. The molecule has 4 bridgehead atoms. The highest BCUT2D eigenvalue weighted by Crippen LogP contribution is 2.37. The largest absolute Gasteiger partial charge is 0.507 e. The van der Waals surface area contributed by atoms with Crippen LogP contribution in [0, 0.1) is 0 Å². The van der Waals surface area contributed by atoms with Crippen LogP contribution in [0.4, 0.5) is 0 Å². The average Bonchev–Trinajstić information content (AvgIpc) is 2.84. The van der Waals surface area contributed by atoms with Gasteiger partial charge in [-0.3, -0.25) is 4.79 Å². The van der Waals surface area contributed by atoms with Crippen molar-refractivity contribution in [3.63, 3.8) is 0 Å². The Hall–Kier alpha value is -2.57. The third-order valence-electron chi connectivity index (χ3n) is 6.57. The maximum atomic E-state index is 12.6. The van der Waals surface area contributed by atoms with Gasteiger partial charge in [-0.25, -0.2) is 0 Å². The number of rotatable bonds is 3. The molecule has 0 unspecified atom stereocenters. The second-order valence-electron chi connectivity index (χ2n) is 9.08. The summed E-state index contributed by atoms with van der Waals surface area (Å²) in [6.07, 6.45) is -9.39. The summed E-state index contributed by atoms with van der Waals surface area (Å²) in [6, 6.07) is 9.59. The number of hydrogen-bond donors (Lipinski definition) is 7. The van der Waals surface area contributed by atoms with E-state index in [9.17, 15) is 40.5 Å². The van der Waals surface area contributed by atoms with Crippen LogP contribution < -0.4 is 0 Å². The number of hydrogen-bond acceptors (Lipinski definition) is 10. The van der Waals surface area contributed by atoms with E-state index in [-0.39, 0.29) is 30.8 Å². The summed E-state index contributed by atoms with van der Waals surface area (Å²) in [6.45, 7) is -0.625. The van der Waals surface area contributed by atoms with Gasteiger partial charge in [0.15, 0.2) is 12.1 Å². The molecular weight excluding hydrogens is 460 g/mol. The van der Waals surface area contributed by atoms with Crippen LogP contribution in [0.15, 0.2) is 36.4 Å². The molecule has 0 radical (unpaired) electrons. The predicted octanol–water partition coefficient (Wildman–Crippen LogP) is -0.241.